The van der Waals surface area contributed by atoms with Crippen LogP contribution in [0.25, 0.3) is 17.1 Å². The van der Waals surface area contributed by atoms with Crippen LogP contribution in [-0.4, -0.2) is 10.3 Å². The molecule has 6 heteroatoms. The number of rotatable bonds is 2. The first-order chi connectivity index (χ1) is 8.75. The van der Waals surface area contributed by atoms with Gasteiger partial charge < -0.3 is 0 Å². The Kier molecular flexibility index (Phi) is 2.56. The van der Waals surface area contributed by atoms with Gasteiger partial charge in [0.2, 0.25) is 5.69 Å². The van der Waals surface area contributed by atoms with E-state index < -0.39 is 5.63 Å². The van der Waals surface area contributed by atoms with Gasteiger partial charge in [-0.3, -0.25) is 4.52 Å². The van der Waals surface area contributed by atoms with E-state index in [1.807, 2.05) is 42.6 Å². The van der Waals surface area contributed by atoms with Gasteiger partial charge in [0.1, 0.15) is 0 Å². The monoisotopic (exact) mass is 260 g/mol. The summed E-state index contributed by atoms with van der Waals surface area (Å²) >= 11 is 1.50. The molecule has 0 aliphatic heterocycles. The van der Waals surface area contributed by atoms with Crippen LogP contribution in [0.2, 0.25) is 0 Å². The largest absolute Gasteiger partial charge is 0.437 e. The van der Waals surface area contributed by atoms with Crippen molar-refractivity contribution in [3.63, 3.8) is 0 Å². The minimum absolute atomic E-state index is 0.408. The number of thiazole rings is 1. The second kappa shape index (κ2) is 4.23. The van der Waals surface area contributed by atoms with E-state index >= 15 is 0 Å². The smallest absolute Gasteiger partial charge is 0.282 e. The summed E-state index contributed by atoms with van der Waals surface area (Å²) in [5, 5.41) is 5.34. The number of benzene rings is 1. The van der Waals surface area contributed by atoms with E-state index in [1.165, 1.54) is 11.3 Å². The molecule has 1 N–H and O–H groups in total. The van der Waals surface area contributed by atoms with Crippen molar-refractivity contribution >= 4 is 11.3 Å². The average Bonchev–Trinajstić information content (AvgIpc) is 2.96. The van der Waals surface area contributed by atoms with Gasteiger partial charge in [-0.2, -0.15) is 0 Å². The highest BCUT2D eigenvalue weighted by molar-refractivity contribution is 7.09. The molecule has 5 nitrogen and oxygen atoms in total. The van der Waals surface area contributed by atoms with Crippen LogP contribution in [0.1, 0.15) is 5.01 Å². The van der Waals surface area contributed by atoms with Crippen molar-refractivity contribution in [2.24, 2.45) is 0 Å². The molecule has 3 aromatic rings. The highest BCUT2D eigenvalue weighted by atomic mass is 32.1. The van der Waals surface area contributed by atoms with Gasteiger partial charge in [-0.15, -0.1) is 11.3 Å². The van der Waals surface area contributed by atoms with E-state index in [1.54, 1.807) is 4.68 Å². The van der Waals surface area contributed by atoms with E-state index in [2.05, 4.69) is 10.3 Å². The summed E-state index contributed by atoms with van der Waals surface area (Å²) in [6.07, 6.45) is 0. The average molecular weight is 260 g/mol. The van der Waals surface area contributed by atoms with Crippen LogP contribution in [0.5, 0.6) is 0 Å². The Labute approximate surface area is 106 Å². The maximum absolute atomic E-state index is 11.8. The van der Waals surface area contributed by atoms with Crippen molar-refractivity contribution in [1.82, 2.24) is 10.3 Å². The van der Waals surface area contributed by atoms with Gasteiger partial charge in [-0.05, 0) is 16.9 Å². The molecule has 0 radical (unpaired) electrons. The third-order valence-electron chi connectivity index (χ3n) is 2.52. The maximum Gasteiger partial charge on any atom is 0.437 e. The zero-order chi connectivity index (χ0) is 12.5. The highest BCUT2D eigenvalue weighted by Gasteiger charge is 2.26. The lowest BCUT2D eigenvalue weighted by Gasteiger charge is -1.90. The van der Waals surface area contributed by atoms with Gasteiger partial charge >= 0.3 is 11.3 Å². The molecule has 1 aromatic carbocycles. The third kappa shape index (κ3) is 1.76. The Morgan fingerprint density at radius 2 is 2.11 bits per heavy atom. The fourth-order valence-corrected chi connectivity index (χ4v) is 2.32. The number of hydrogen-bond donors (Lipinski definition) is 1. The minimum Gasteiger partial charge on any atom is -0.282 e. The summed E-state index contributed by atoms with van der Waals surface area (Å²) in [5.74, 6) is 0. The van der Waals surface area contributed by atoms with Crippen LogP contribution >= 0.6 is 11.3 Å². The van der Waals surface area contributed by atoms with Crippen molar-refractivity contribution in [3.8, 4) is 17.1 Å². The fourth-order valence-electron chi connectivity index (χ4n) is 1.72. The summed E-state index contributed by atoms with van der Waals surface area (Å²) in [6.45, 7) is 1.90. The first-order valence-corrected chi connectivity index (χ1v) is 6.25. The second-order valence-electron chi connectivity index (χ2n) is 3.75. The van der Waals surface area contributed by atoms with Gasteiger partial charge in [0.25, 0.3) is 0 Å². The molecule has 2 heterocycles. The van der Waals surface area contributed by atoms with Crippen molar-refractivity contribution in [2.45, 2.75) is 6.92 Å². The van der Waals surface area contributed by atoms with Gasteiger partial charge in [0.05, 0.1) is 5.01 Å². The molecular weight excluding hydrogens is 250 g/mol. The highest BCUT2D eigenvalue weighted by Crippen LogP contribution is 2.16. The number of H-pyrrole nitrogens is 1. The van der Waals surface area contributed by atoms with E-state index in [0.29, 0.717) is 11.4 Å². The molecular formula is C12H10N3O2S+. The molecule has 0 saturated carbocycles. The van der Waals surface area contributed by atoms with Crippen LogP contribution in [0.15, 0.2) is 45.0 Å². The first kappa shape index (κ1) is 10.9. The molecule has 18 heavy (non-hydrogen) atoms. The molecule has 0 atom stereocenters. The Balaban J connectivity index is 2.22. The normalized spacial score (nSPS) is 10.7. The predicted octanol–water partition coefficient (Wildman–Crippen LogP) is 1.68. The van der Waals surface area contributed by atoms with E-state index in [4.69, 9.17) is 4.52 Å². The third-order valence-corrected chi connectivity index (χ3v) is 3.30. The number of aromatic nitrogens is 3. The molecule has 0 spiro atoms. The zero-order valence-electron chi connectivity index (χ0n) is 9.58. The molecule has 0 bridgehead atoms. The fraction of sp³-hybridized carbons (Fsp3) is 0.0833. The predicted molar refractivity (Wildman–Crippen MR) is 66.7 cm³/mol. The van der Waals surface area contributed by atoms with Crippen LogP contribution in [0.3, 0.4) is 0 Å². The number of para-hydroxylation sites is 1. The van der Waals surface area contributed by atoms with Gasteiger partial charge in [0, 0.05) is 17.5 Å². The Bertz CT molecular complexity index is 727. The van der Waals surface area contributed by atoms with E-state index in [0.717, 1.165) is 10.7 Å². The molecule has 0 aliphatic rings. The molecule has 0 saturated heterocycles. The Morgan fingerprint density at radius 3 is 2.78 bits per heavy atom. The van der Waals surface area contributed by atoms with E-state index in [9.17, 15) is 4.79 Å². The molecule has 90 valence electrons. The number of aryl methyl sites for hydroxylation is 1. The lowest BCUT2D eigenvalue weighted by atomic mass is 10.3. The minimum atomic E-state index is -0.427. The van der Waals surface area contributed by atoms with Crippen LogP contribution in [0, 0.1) is 6.92 Å². The van der Waals surface area contributed by atoms with Crippen molar-refractivity contribution in [3.05, 3.63) is 51.1 Å². The van der Waals surface area contributed by atoms with Gasteiger partial charge in [-0.1, -0.05) is 18.2 Å². The number of nitrogens with zero attached hydrogens (tertiary/aromatic N) is 2. The van der Waals surface area contributed by atoms with Crippen LogP contribution in [-0.2, 0) is 0 Å². The Hall–Kier alpha value is -2.21. The van der Waals surface area contributed by atoms with Crippen LogP contribution in [0.4, 0.5) is 0 Å². The number of hydrogen-bond acceptors (Lipinski definition) is 4. The number of nitrogens with one attached hydrogen (secondary N) is 1. The van der Waals surface area contributed by atoms with Crippen LogP contribution < -0.4 is 10.3 Å². The van der Waals surface area contributed by atoms with Crippen molar-refractivity contribution in [1.29, 1.82) is 0 Å². The molecule has 2 aromatic heterocycles. The molecule has 0 fully saturated rings. The lowest BCUT2D eigenvalue weighted by Crippen LogP contribution is -2.36. The topological polar surface area (TPSA) is 62.8 Å². The zero-order valence-corrected chi connectivity index (χ0v) is 10.4. The number of aromatic amines is 1. The standard InChI is InChI=1S/C12H9N3O2S/c1-8-13-10(7-18-8)11-12(16)17-14-15(11)9-5-3-2-4-6-9/h2-7H,1H3/p+1. The summed E-state index contributed by atoms with van der Waals surface area (Å²) in [4.78, 5) is 16.1. The van der Waals surface area contributed by atoms with Gasteiger partial charge in [0.15, 0.2) is 5.69 Å². The SMILES string of the molecule is Cc1nc(-c2c(=O)o[nH][n+]2-c2ccccc2)cs1. The Morgan fingerprint density at radius 1 is 1.33 bits per heavy atom. The lowest BCUT2D eigenvalue weighted by molar-refractivity contribution is -0.660. The summed E-state index contributed by atoms with van der Waals surface area (Å²) < 4.78 is 6.45. The maximum atomic E-state index is 11.8. The molecule has 0 unspecified atom stereocenters. The second-order valence-corrected chi connectivity index (χ2v) is 4.81. The van der Waals surface area contributed by atoms with E-state index in [-0.39, 0.29) is 0 Å². The molecule has 3 rings (SSSR count). The molecule has 0 aliphatic carbocycles. The van der Waals surface area contributed by atoms with Crippen molar-refractivity contribution in [2.75, 3.05) is 0 Å². The molecule has 0 amide bonds. The quantitative estimate of drug-likeness (QED) is 0.713. The summed E-state index contributed by atoms with van der Waals surface area (Å²) in [6, 6.07) is 9.46. The summed E-state index contributed by atoms with van der Waals surface area (Å²) in [5.41, 5.74) is 1.43. The van der Waals surface area contributed by atoms with Crippen molar-refractivity contribution < 1.29 is 9.20 Å². The first-order valence-electron chi connectivity index (χ1n) is 5.37. The summed E-state index contributed by atoms with van der Waals surface area (Å²) in [7, 11) is 0. The van der Waals surface area contributed by atoms with Gasteiger partial charge in [-0.25, -0.2) is 9.78 Å².